The van der Waals surface area contributed by atoms with Crippen LogP contribution in [0.2, 0.25) is 0 Å². The number of carbonyl (C=O) groups is 1. The van der Waals surface area contributed by atoms with Crippen LogP contribution in [0.1, 0.15) is 12.0 Å². The Hall–Kier alpha value is -2.06. The number of nitrogens with zero attached hydrogens (tertiary/aromatic N) is 1. The lowest BCUT2D eigenvalue weighted by atomic mass is 10.2. The highest BCUT2D eigenvalue weighted by Gasteiger charge is 2.09. The summed E-state index contributed by atoms with van der Waals surface area (Å²) in [7, 11) is 0. The van der Waals surface area contributed by atoms with Crippen molar-refractivity contribution in [3.05, 3.63) is 29.8 Å². The second-order valence-electron chi connectivity index (χ2n) is 3.35. The van der Waals surface area contributed by atoms with Gasteiger partial charge in [-0.1, -0.05) is 0 Å². The molecule has 0 aromatic heterocycles. The van der Waals surface area contributed by atoms with Crippen molar-refractivity contribution in [3.63, 3.8) is 0 Å². The molecule has 1 atom stereocenters. The second-order valence-corrected chi connectivity index (χ2v) is 3.35. The molecule has 0 aliphatic rings. The lowest BCUT2D eigenvalue weighted by molar-refractivity contribution is -0.138. The summed E-state index contributed by atoms with van der Waals surface area (Å²) in [5.41, 5.74) is 6.78. The monoisotopic (exact) mass is 219 g/mol. The molecule has 16 heavy (non-hydrogen) atoms. The molecule has 0 saturated carbocycles. The summed E-state index contributed by atoms with van der Waals surface area (Å²) in [4.78, 5) is 10.4. The van der Waals surface area contributed by atoms with E-state index in [1.54, 1.807) is 24.3 Å². The van der Waals surface area contributed by atoms with Crippen LogP contribution in [0.25, 0.3) is 0 Å². The van der Waals surface area contributed by atoms with Gasteiger partial charge in [-0.15, -0.1) is 0 Å². The first kappa shape index (κ1) is 12.0. The number of hydrogen-bond donors (Lipinski definition) is 3. The predicted molar refractivity (Wildman–Crippen MR) is 59.9 cm³/mol. The molecule has 0 fully saturated rings. The largest absolute Gasteiger partial charge is 0.480 e. The summed E-state index contributed by atoms with van der Waals surface area (Å²) < 4.78 is 0. The molecule has 0 aliphatic heterocycles. The van der Waals surface area contributed by atoms with E-state index in [-0.39, 0.29) is 0 Å². The molecule has 0 aliphatic carbocycles. The van der Waals surface area contributed by atoms with Crippen molar-refractivity contribution in [1.29, 1.82) is 5.26 Å². The molecule has 4 N–H and O–H groups in total. The standard InChI is InChI=1S/C11H13N3O2/c12-7-8-1-3-9(4-2-8)14-6-5-10(13)11(15)16/h1-4,10,14H,5-6,13H2,(H,15,16). The van der Waals surface area contributed by atoms with Gasteiger partial charge in [0.1, 0.15) is 6.04 Å². The highest BCUT2D eigenvalue weighted by Crippen LogP contribution is 2.08. The van der Waals surface area contributed by atoms with Crippen LogP contribution in [0, 0.1) is 11.3 Å². The Labute approximate surface area is 93.5 Å². The average molecular weight is 219 g/mol. The smallest absolute Gasteiger partial charge is 0.320 e. The van der Waals surface area contributed by atoms with Crippen LogP contribution in [0.4, 0.5) is 5.69 Å². The van der Waals surface area contributed by atoms with Gasteiger partial charge in [0, 0.05) is 12.2 Å². The lowest BCUT2D eigenvalue weighted by Crippen LogP contribution is -2.32. The minimum atomic E-state index is -0.998. The number of carboxylic acid groups (broad SMARTS) is 1. The SMILES string of the molecule is N#Cc1ccc(NCCC(N)C(=O)O)cc1. The van der Waals surface area contributed by atoms with Crippen LogP contribution < -0.4 is 11.1 Å². The van der Waals surface area contributed by atoms with Gasteiger partial charge in [0.2, 0.25) is 0 Å². The van der Waals surface area contributed by atoms with Crippen molar-refractivity contribution >= 4 is 11.7 Å². The Morgan fingerprint density at radius 1 is 1.50 bits per heavy atom. The van der Waals surface area contributed by atoms with Gasteiger partial charge in [0.05, 0.1) is 11.6 Å². The number of benzene rings is 1. The summed E-state index contributed by atoms with van der Waals surface area (Å²) in [6.45, 7) is 0.485. The number of anilines is 1. The number of carboxylic acids is 1. The Morgan fingerprint density at radius 2 is 2.12 bits per heavy atom. The Bertz CT molecular complexity index is 395. The zero-order chi connectivity index (χ0) is 12.0. The van der Waals surface area contributed by atoms with Gasteiger partial charge < -0.3 is 16.2 Å². The fraction of sp³-hybridized carbons (Fsp3) is 0.273. The minimum absolute atomic E-state index is 0.356. The van der Waals surface area contributed by atoms with E-state index < -0.39 is 12.0 Å². The first-order valence-electron chi connectivity index (χ1n) is 4.86. The van der Waals surface area contributed by atoms with Crippen molar-refractivity contribution in [2.45, 2.75) is 12.5 Å². The van der Waals surface area contributed by atoms with Crippen molar-refractivity contribution in [2.75, 3.05) is 11.9 Å². The number of nitrogens with two attached hydrogens (primary N) is 1. The maximum absolute atomic E-state index is 10.4. The van der Waals surface area contributed by atoms with Crippen molar-refractivity contribution < 1.29 is 9.90 Å². The van der Waals surface area contributed by atoms with E-state index in [2.05, 4.69) is 5.32 Å². The van der Waals surface area contributed by atoms with Gasteiger partial charge in [-0.25, -0.2) is 0 Å². The molecular formula is C11H13N3O2. The van der Waals surface area contributed by atoms with Gasteiger partial charge in [-0.3, -0.25) is 4.79 Å². The van der Waals surface area contributed by atoms with Gasteiger partial charge in [-0.2, -0.15) is 5.26 Å². The van der Waals surface area contributed by atoms with Crippen LogP contribution in [0.5, 0.6) is 0 Å². The summed E-state index contributed by atoms with van der Waals surface area (Å²) >= 11 is 0. The maximum Gasteiger partial charge on any atom is 0.320 e. The van der Waals surface area contributed by atoms with Gasteiger partial charge >= 0.3 is 5.97 Å². The first-order chi connectivity index (χ1) is 7.63. The van der Waals surface area contributed by atoms with E-state index in [0.29, 0.717) is 18.5 Å². The molecule has 84 valence electrons. The molecule has 1 aromatic carbocycles. The van der Waals surface area contributed by atoms with Crippen LogP contribution in [-0.2, 0) is 4.79 Å². The summed E-state index contributed by atoms with van der Waals surface area (Å²) in [6, 6.07) is 8.10. The molecule has 0 bridgehead atoms. The molecule has 0 saturated heterocycles. The molecule has 0 radical (unpaired) electrons. The van der Waals surface area contributed by atoms with Crippen LogP contribution in [0.3, 0.4) is 0 Å². The van der Waals surface area contributed by atoms with Crippen molar-refractivity contribution in [3.8, 4) is 6.07 Å². The summed E-state index contributed by atoms with van der Waals surface area (Å²) in [5, 5.41) is 20.2. The van der Waals surface area contributed by atoms with E-state index in [1.807, 2.05) is 6.07 Å². The highest BCUT2D eigenvalue weighted by atomic mass is 16.4. The topological polar surface area (TPSA) is 99.1 Å². The molecule has 0 heterocycles. The van der Waals surface area contributed by atoms with Crippen LogP contribution in [-0.4, -0.2) is 23.7 Å². The third kappa shape index (κ3) is 3.59. The predicted octanol–water partition coefficient (Wildman–Crippen LogP) is 0.772. The van der Waals surface area contributed by atoms with Gasteiger partial charge in [0.25, 0.3) is 0 Å². The van der Waals surface area contributed by atoms with Crippen molar-refractivity contribution in [1.82, 2.24) is 0 Å². The molecule has 1 rings (SSSR count). The number of nitrogens with one attached hydrogen (secondary N) is 1. The fourth-order valence-corrected chi connectivity index (χ4v) is 1.16. The third-order valence-electron chi connectivity index (χ3n) is 2.12. The third-order valence-corrected chi connectivity index (χ3v) is 2.12. The number of nitriles is 1. The molecule has 0 spiro atoms. The summed E-state index contributed by atoms with van der Waals surface area (Å²) in [6.07, 6.45) is 0.356. The Balaban J connectivity index is 2.38. The Kier molecular flexibility index (Phi) is 4.30. The molecule has 1 aromatic rings. The van der Waals surface area contributed by atoms with E-state index >= 15 is 0 Å². The van der Waals surface area contributed by atoms with E-state index in [0.717, 1.165) is 5.69 Å². The van der Waals surface area contributed by atoms with Crippen LogP contribution in [0.15, 0.2) is 24.3 Å². The van der Waals surface area contributed by atoms with E-state index in [4.69, 9.17) is 16.1 Å². The minimum Gasteiger partial charge on any atom is -0.480 e. The first-order valence-corrected chi connectivity index (χ1v) is 4.86. The molecule has 5 nitrogen and oxygen atoms in total. The average Bonchev–Trinajstić information content (AvgIpc) is 2.29. The number of rotatable bonds is 5. The number of aliphatic carboxylic acids is 1. The lowest BCUT2D eigenvalue weighted by Gasteiger charge is -2.08. The quantitative estimate of drug-likeness (QED) is 0.679. The van der Waals surface area contributed by atoms with E-state index in [9.17, 15) is 4.79 Å². The molecule has 0 amide bonds. The summed E-state index contributed by atoms with van der Waals surface area (Å²) in [5.74, 6) is -0.998. The number of hydrogen-bond acceptors (Lipinski definition) is 4. The Morgan fingerprint density at radius 3 is 2.62 bits per heavy atom. The zero-order valence-corrected chi connectivity index (χ0v) is 8.68. The molecule has 5 heteroatoms. The van der Waals surface area contributed by atoms with Gasteiger partial charge in [-0.05, 0) is 30.7 Å². The van der Waals surface area contributed by atoms with Gasteiger partial charge in [0.15, 0.2) is 0 Å². The van der Waals surface area contributed by atoms with Crippen molar-refractivity contribution in [2.24, 2.45) is 5.73 Å². The fourth-order valence-electron chi connectivity index (χ4n) is 1.16. The highest BCUT2D eigenvalue weighted by molar-refractivity contribution is 5.73. The molecular weight excluding hydrogens is 206 g/mol. The zero-order valence-electron chi connectivity index (χ0n) is 8.68. The normalized spacial score (nSPS) is 11.5. The second kappa shape index (κ2) is 5.73. The molecule has 1 unspecified atom stereocenters. The van der Waals surface area contributed by atoms with Crippen LogP contribution >= 0.6 is 0 Å². The maximum atomic E-state index is 10.4. The van der Waals surface area contributed by atoms with E-state index in [1.165, 1.54) is 0 Å².